The van der Waals surface area contributed by atoms with Crippen molar-refractivity contribution in [1.82, 2.24) is 10.2 Å². The van der Waals surface area contributed by atoms with E-state index in [0.29, 0.717) is 24.8 Å². The molecular formula is C24H31BrN2O2S. The van der Waals surface area contributed by atoms with Gasteiger partial charge < -0.3 is 10.2 Å². The second kappa shape index (κ2) is 12.2. The number of rotatable bonds is 10. The van der Waals surface area contributed by atoms with Crippen LogP contribution in [-0.4, -0.2) is 35.1 Å². The largest absolute Gasteiger partial charge is 0.354 e. The van der Waals surface area contributed by atoms with E-state index >= 15 is 0 Å². The number of thioether (sulfide) groups is 1. The van der Waals surface area contributed by atoms with Gasteiger partial charge in [-0.2, -0.15) is 0 Å². The van der Waals surface area contributed by atoms with E-state index in [1.165, 1.54) is 11.1 Å². The minimum Gasteiger partial charge on any atom is -0.354 e. The molecule has 0 fully saturated rings. The zero-order valence-electron chi connectivity index (χ0n) is 18.2. The fourth-order valence-electron chi connectivity index (χ4n) is 2.84. The van der Waals surface area contributed by atoms with Gasteiger partial charge in [0.05, 0.1) is 5.75 Å². The number of amides is 2. The standard InChI is InChI=1S/C24H31BrN2O2S/c1-17(2)13-26-24(29)19(4)27(14-20-7-5-18(3)6-8-20)23(28)16-30-15-21-9-11-22(25)12-10-21/h5-12,17,19H,13-16H2,1-4H3,(H,26,29)/t19-/m0/s1. The molecule has 0 saturated heterocycles. The van der Waals surface area contributed by atoms with E-state index in [1.54, 1.807) is 23.6 Å². The topological polar surface area (TPSA) is 49.4 Å². The van der Waals surface area contributed by atoms with Gasteiger partial charge in [0.2, 0.25) is 11.8 Å². The van der Waals surface area contributed by atoms with Gasteiger partial charge in [0.25, 0.3) is 0 Å². The van der Waals surface area contributed by atoms with Crippen LogP contribution in [0, 0.1) is 12.8 Å². The third-order valence-corrected chi connectivity index (χ3v) is 6.25. The van der Waals surface area contributed by atoms with E-state index in [2.05, 4.69) is 35.1 Å². The first kappa shape index (κ1) is 24.5. The lowest BCUT2D eigenvalue weighted by Crippen LogP contribution is -2.48. The van der Waals surface area contributed by atoms with Crippen molar-refractivity contribution in [2.75, 3.05) is 12.3 Å². The minimum absolute atomic E-state index is 0.0233. The third-order valence-electron chi connectivity index (χ3n) is 4.73. The van der Waals surface area contributed by atoms with Crippen molar-refractivity contribution >= 4 is 39.5 Å². The highest BCUT2D eigenvalue weighted by Crippen LogP contribution is 2.18. The molecule has 0 aliphatic heterocycles. The highest BCUT2D eigenvalue weighted by molar-refractivity contribution is 9.10. The monoisotopic (exact) mass is 490 g/mol. The zero-order valence-corrected chi connectivity index (χ0v) is 20.6. The van der Waals surface area contributed by atoms with Crippen LogP contribution in [0.25, 0.3) is 0 Å². The van der Waals surface area contributed by atoms with Crippen molar-refractivity contribution in [3.05, 3.63) is 69.7 Å². The number of halogens is 1. The number of nitrogens with one attached hydrogen (secondary N) is 1. The smallest absolute Gasteiger partial charge is 0.242 e. The fourth-order valence-corrected chi connectivity index (χ4v) is 3.98. The Hall–Kier alpha value is -1.79. The van der Waals surface area contributed by atoms with Crippen molar-refractivity contribution in [3.8, 4) is 0 Å². The van der Waals surface area contributed by atoms with Gasteiger partial charge in [0, 0.05) is 23.3 Å². The normalized spacial score (nSPS) is 11.9. The number of carbonyl (C=O) groups is 2. The number of benzene rings is 2. The summed E-state index contributed by atoms with van der Waals surface area (Å²) in [7, 11) is 0. The summed E-state index contributed by atoms with van der Waals surface area (Å²) in [6.07, 6.45) is 0. The van der Waals surface area contributed by atoms with Crippen LogP contribution in [0.4, 0.5) is 0 Å². The Morgan fingerprint density at radius 1 is 1.00 bits per heavy atom. The summed E-state index contributed by atoms with van der Waals surface area (Å²) in [4.78, 5) is 27.4. The summed E-state index contributed by atoms with van der Waals surface area (Å²) >= 11 is 5.01. The zero-order chi connectivity index (χ0) is 22.1. The van der Waals surface area contributed by atoms with Crippen molar-refractivity contribution in [3.63, 3.8) is 0 Å². The second-order valence-electron chi connectivity index (χ2n) is 7.94. The molecular weight excluding hydrogens is 460 g/mol. The molecule has 2 amide bonds. The van der Waals surface area contributed by atoms with E-state index < -0.39 is 6.04 Å². The molecule has 4 nitrogen and oxygen atoms in total. The third kappa shape index (κ3) is 8.15. The highest BCUT2D eigenvalue weighted by Gasteiger charge is 2.26. The first-order valence-corrected chi connectivity index (χ1v) is 12.2. The van der Waals surface area contributed by atoms with Crippen LogP contribution in [0.1, 0.15) is 37.5 Å². The van der Waals surface area contributed by atoms with Gasteiger partial charge in [-0.25, -0.2) is 0 Å². The Bertz CT molecular complexity index is 822. The molecule has 0 spiro atoms. The Morgan fingerprint density at radius 2 is 1.60 bits per heavy atom. The van der Waals surface area contributed by atoms with Crippen LogP contribution in [0.15, 0.2) is 53.0 Å². The molecule has 0 unspecified atom stereocenters. The number of carbonyl (C=O) groups excluding carboxylic acids is 2. The van der Waals surface area contributed by atoms with Crippen molar-refractivity contribution in [2.45, 2.75) is 46.0 Å². The molecule has 0 heterocycles. The predicted molar refractivity (Wildman–Crippen MR) is 129 cm³/mol. The number of hydrogen-bond acceptors (Lipinski definition) is 3. The maximum atomic E-state index is 13.1. The Balaban J connectivity index is 2.04. The predicted octanol–water partition coefficient (Wildman–Crippen LogP) is 5.18. The fraction of sp³-hybridized carbons (Fsp3) is 0.417. The molecule has 2 rings (SSSR count). The van der Waals surface area contributed by atoms with E-state index in [9.17, 15) is 9.59 Å². The maximum Gasteiger partial charge on any atom is 0.242 e. The molecule has 2 aromatic rings. The quantitative estimate of drug-likeness (QED) is 0.498. The van der Waals surface area contributed by atoms with E-state index in [0.717, 1.165) is 15.8 Å². The van der Waals surface area contributed by atoms with Crippen LogP contribution in [-0.2, 0) is 21.9 Å². The van der Waals surface area contributed by atoms with Crippen LogP contribution in [0.3, 0.4) is 0 Å². The van der Waals surface area contributed by atoms with Gasteiger partial charge in [0.15, 0.2) is 0 Å². The van der Waals surface area contributed by atoms with Crippen LogP contribution in [0.5, 0.6) is 0 Å². The summed E-state index contributed by atoms with van der Waals surface area (Å²) in [5, 5.41) is 2.96. The molecule has 1 atom stereocenters. The molecule has 2 aromatic carbocycles. The first-order chi connectivity index (χ1) is 14.3. The SMILES string of the molecule is Cc1ccc(CN(C(=O)CSCc2ccc(Br)cc2)[C@@H](C)C(=O)NCC(C)C)cc1. The van der Waals surface area contributed by atoms with Gasteiger partial charge >= 0.3 is 0 Å². The van der Waals surface area contributed by atoms with Crippen molar-refractivity contribution in [2.24, 2.45) is 5.92 Å². The molecule has 162 valence electrons. The Kier molecular flexibility index (Phi) is 9.92. The van der Waals surface area contributed by atoms with Crippen LogP contribution >= 0.6 is 27.7 Å². The molecule has 0 aromatic heterocycles. The molecule has 30 heavy (non-hydrogen) atoms. The first-order valence-electron chi connectivity index (χ1n) is 10.2. The van der Waals surface area contributed by atoms with Gasteiger partial charge in [-0.05, 0) is 43.0 Å². The average Bonchev–Trinajstić information content (AvgIpc) is 2.72. The van der Waals surface area contributed by atoms with E-state index in [-0.39, 0.29) is 11.8 Å². The number of aryl methyl sites for hydroxylation is 1. The van der Waals surface area contributed by atoms with Gasteiger partial charge in [-0.15, -0.1) is 11.8 Å². The van der Waals surface area contributed by atoms with Crippen molar-refractivity contribution < 1.29 is 9.59 Å². The summed E-state index contributed by atoms with van der Waals surface area (Å²) in [5.41, 5.74) is 3.36. The summed E-state index contributed by atoms with van der Waals surface area (Å²) < 4.78 is 1.04. The van der Waals surface area contributed by atoms with E-state index in [1.807, 2.05) is 55.5 Å². The number of hydrogen-bond donors (Lipinski definition) is 1. The maximum absolute atomic E-state index is 13.1. The molecule has 0 radical (unpaired) electrons. The molecule has 0 aliphatic rings. The van der Waals surface area contributed by atoms with E-state index in [4.69, 9.17) is 0 Å². The molecule has 6 heteroatoms. The van der Waals surface area contributed by atoms with Gasteiger partial charge in [-0.1, -0.05) is 71.7 Å². The molecule has 0 aliphatic carbocycles. The summed E-state index contributed by atoms with van der Waals surface area (Å²) in [6.45, 7) is 8.98. The van der Waals surface area contributed by atoms with Gasteiger partial charge in [0.1, 0.15) is 6.04 Å². The lowest BCUT2D eigenvalue weighted by Gasteiger charge is -2.29. The van der Waals surface area contributed by atoms with Crippen molar-refractivity contribution in [1.29, 1.82) is 0 Å². The second-order valence-corrected chi connectivity index (χ2v) is 9.84. The van der Waals surface area contributed by atoms with Crippen LogP contribution < -0.4 is 5.32 Å². The molecule has 1 N–H and O–H groups in total. The average molecular weight is 491 g/mol. The highest BCUT2D eigenvalue weighted by atomic mass is 79.9. The van der Waals surface area contributed by atoms with Crippen LogP contribution in [0.2, 0.25) is 0 Å². The summed E-state index contributed by atoms with van der Waals surface area (Å²) in [6, 6.07) is 15.7. The Morgan fingerprint density at radius 3 is 2.20 bits per heavy atom. The lowest BCUT2D eigenvalue weighted by atomic mass is 10.1. The molecule has 0 saturated carbocycles. The molecule has 0 bridgehead atoms. The summed E-state index contributed by atoms with van der Waals surface area (Å²) in [5.74, 6) is 1.32. The number of nitrogens with zero attached hydrogens (tertiary/aromatic N) is 1. The Labute approximate surface area is 192 Å². The minimum atomic E-state index is -0.522. The van der Waals surface area contributed by atoms with Gasteiger partial charge in [-0.3, -0.25) is 9.59 Å². The lowest BCUT2D eigenvalue weighted by molar-refractivity contribution is -0.138.